The van der Waals surface area contributed by atoms with Crippen LogP contribution in [0.3, 0.4) is 0 Å². The van der Waals surface area contributed by atoms with Gasteiger partial charge in [-0.25, -0.2) is 4.98 Å². The molecule has 1 amide bonds. The first-order chi connectivity index (χ1) is 13.0. The van der Waals surface area contributed by atoms with Crippen LogP contribution in [0.2, 0.25) is 10.0 Å². The van der Waals surface area contributed by atoms with Crippen molar-refractivity contribution in [2.75, 3.05) is 13.7 Å². The van der Waals surface area contributed by atoms with Gasteiger partial charge >= 0.3 is 0 Å². The van der Waals surface area contributed by atoms with Crippen LogP contribution in [-0.4, -0.2) is 29.0 Å². The van der Waals surface area contributed by atoms with E-state index in [4.69, 9.17) is 32.7 Å². The molecule has 0 unspecified atom stereocenters. The minimum Gasteiger partial charge on any atom is -0.493 e. The van der Waals surface area contributed by atoms with Crippen molar-refractivity contribution in [3.63, 3.8) is 0 Å². The lowest BCUT2D eigenvalue weighted by Crippen LogP contribution is -2.23. The summed E-state index contributed by atoms with van der Waals surface area (Å²) in [7, 11) is 1.51. The average Bonchev–Trinajstić information content (AvgIpc) is 3.06. The normalized spacial score (nSPS) is 10.8. The number of carbonyl (C=O) groups excluding carboxylic acids is 1. The summed E-state index contributed by atoms with van der Waals surface area (Å²) in [4.78, 5) is 16.9. The maximum Gasteiger partial charge on any atom is 0.251 e. The zero-order chi connectivity index (χ0) is 19.4. The van der Waals surface area contributed by atoms with Gasteiger partial charge in [0.05, 0.1) is 36.0 Å². The van der Waals surface area contributed by atoms with E-state index in [0.717, 1.165) is 12.1 Å². The predicted octanol–water partition coefficient (Wildman–Crippen LogP) is 4.37. The summed E-state index contributed by atoms with van der Waals surface area (Å²) in [6.45, 7) is 2.78. The van der Waals surface area contributed by atoms with Crippen molar-refractivity contribution in [3.05, 3.63) is 58.0 Å². The third-order valence-corrected chi connectivity index (χ3v) is 4.34. The Balaban J connectivity index is 1.74. The summed E-state index contributed by atoms with van der Waals surface area (Å²) in [6, 6.07) is 6.75. The third kappa shape index (κ3) is 4.46. The molecule has 27 heavy (non-hydrogen) atoms. The number of rotatable bonds is 7. The molecule has 0 bridgehead atoms. The van der Waals surface area contributed by atoms with E-state index in [1.807, 2.05) is 23.6 Å². The number of amides is 1. The Morgan fingerprint density at radius 1 is 1.26 bits per heavy atom. The number of fused-ring (bicyclic) bond motifs is 1. The summed E-state index contributed by atoms with van der Waals surface area (Å²) in [5.74, 6) is 0.575. The molecule has 0 aliphatic rings. The van der Waals surface area contributed by atoms with E-state index in [2.05, 4.69) is 10.3 Å². The van der Waals surface area contributed by atoms with E-state index in [0.29, 0.717) is 39.4 Å². The molecule has 0 aliphatic carbocycles. The molecule has 6 nitrogen and oxygen atoms in total. The molecule has 2 aromatic heterocycles. The van der Waals surface area contributed by atoms with Crippen molar-refractivity contribution in [2.24, 2.45) is 0 Å². The second-order valence-electron chi connectivity index (χ2n) is 5.87. The van der Waals surface area contributed by atoms with Crippen LogP contribution in [0.25, 0.3) is 5.65 Å². The lowest BCUT2D eigenvalue weighted by molar-refractivity contribution is 0.0950. The highest BCUT2D eigenvalue weighted by Gasteiger charge is 2.16. The Bertz CT molecular complexity index is 972. The van der Waals surface area contributed by atoms with E-state index in [1.54, 1.807) is 24.4 Å². The highest BCUT2D eigenvalue weighted by Crippen LogP contribution is 2.36. The molecule has 3 aromatic rings. The molecule has 0 saturated carbocycles. The van der Waals surface area contributed by atoms with Crippen molar-refractivity contribution in [1.82, 2.24) is 14.7 Å². The number of aromatic nitrogens is 2. The molecule has 0 atom stereocenters. The largest absolute Gasteiger partial charge is 0.493 e. The molecule has 8 heteroatoms. The SMILES string of the molecule is CCCOc1c(Cl)cc(C(=O)NCc2cn3cc(Cl)ccc3n2)cc1OC. The molecule has 1 N–H and O–H groups in total. The van der Waals surface area contributed by atoms with Crippen LogP contribution < -0.4 is 14.8 Å². The number of carbonyl (C=O) groups is 1. The van der Waals surface area contributed by atoms with Gasteiger partial charge in [0.1, 0.15) is 5.65 Å². The van der Waals surface area contributed by atoms with E-state index in [-0.39, 0.29) is 12.5 Å². The van der Waals surface area contributed by atoms with E-state index < -0.39 is 0 Å². The van der Waals surface area contributed by atoms with E-state index in [9.17, 15) is 4.79 Å². The molecule has 0 radical (unpaired) electrons. The number of nitrogens with zero attached hydrogens (tertiary/aromatic N) is 2. The van der Waals surface area contributed by atoms with Gasteiger partial charge in [-0.3, -0.25) is 4.79 Å². The number of methoxy groups -OCH3 is 1. The molecule has 0 saturated heterocycles. The average molecular weight is 408 g/mol. The van der Waals surface area contributed by atoms with Gasteiger partial charge in [-0.05, 0) is 30.7 Å². The smallest absolute Gasteiger partial charge is 0.251 e. The number of benzene rings is 1. The Morgan fingerprint density at radius 2 is 2.07 bits per heavy atom. The molecule has 2 heterocycles. The number of imidazole rings is 1. The van der Waals surface area contributed by atoms with Crippen molar-refractivity contribution < 1.29 is 14.3 Å². The van der Waals surface area contributed by atoms with Gasteiger partial charge in [-0.1, -0.05) is 30.1 Å². The first-order valence-electron chi connectivity index (χ1n) is 8.43. The number of halogens is 2. The van der Waals surface area contributed by atoms with Crippen LogP contribution in [-0.2, 0) is 6.54 Å². The highest BCUT2D eigenvalue weighted by atomic mass is 35.5. The molecule has 0 aliphatic heterocycles. The highest BCUT2D eigenvalue weighted by molar-refractivity contribution is 6.32. The fourth-order valence-corrected chi connectivity index (χ4v) is 3.00. The van der Waals surface area contributed by atoms with E-state index >= 15 is 0 Å². The van der Waals surface area contributed by atoms with Crippen molar-refractivity contribution in [1.29, 1.82) is 0 Å². The molecule has 142 valence electrons. The summed E-state index contributed by atoms with van der Waals surface area (Å²) in [6.07, 6.45) is 4.41. The fraction of sp³-hybridized carbons (Fsp3) is 0.263. The Morgan fingerprint density at radius 3 is 2.81 bits per heavy atom. The van der Waals surface area contributed by atoms with Crippen molar-refractivity contribution >= 4 is 34.8 Å². The van der Waals surface area contributed by atoms with Gasteiger partial charge in [0.2, 0.25) is 0 Å². The molecular formula is C19H19Cl2N3O3. The van der Waals surface area contributed by atoms with Crippen LogP contribution in [0.4, 0.5) is 0 Å². The van der Waals surface area contributed by atoms with E-state index in [1.165, 1.54) is 7.11 Å². The number of hydrogen-bond acceptors (Lipinski definition) is 4. The molecule has 0 spiro atoms. The van der Waals surface area contributed by atoms with Gasteiger partial charge in [-0.15, -0.1) is 0 Å². The van der Waals surface area contributed by atoms with Crippen LogP contribution in [0.15, 0.2) is 36.7 Å². The topological polar surface area (TPSA) is 64.9 Å². The Labute approximate surface area is 167 Å². The van der Waals surface area contributed by atoms with Crippen LogP contribution in [0.5, 0.6) is 11.5 Å². The first kappa shape index (κ1) is 19.3. The zero-order valence-corrected chi connectivity index (χ0v) is 16.5. The van der Waals surface area contributed by atoms with Gasteiger partial charge in [0, 0.05) is 18.0 Å². The second-order valence-corrected chi connectivity index (χ2v) is 6.71. The van der Waals surface area contributed by atoms with Gasteiger partial charge < -0.3 is 19.2 Å². The monoisotopic (exact) mass is 407 g/mol. The quantitative estimate of drug-likeness (QED) is 0.631. The summed E-state index contributed by atoms with van der Waals surface area (Å²) < 4.78 is 12.7. The predicted molar refractivity (Wildman–Crippen MR) is 105 cm³/mol. The Hall–Kier alpha value is -2.44. The molecule has 3 rings (SSSR count). The van der Waals surface area contributed by atoms with Crippen LogP contribution >= 0.6 is 23.2 Å². The van der Waals surface area contributed by atoms with Crippen molar-refractivity contribution in [2.45, 2.75) is 19.9 Å². The lowest BCUT2D eigenvalue weighted by Gasteiger charge is -2.13. The number of pyridine rings is 1. The first-order valence-corrected chi connectivity index (χ1v) is 9.19. The number of ether oxygens (including phenoxy) is 2. The van der Waals surface area contributed by atoms with Gasteiger partial charge in [0.25, 0.3) is 5.91 Å². The van der Waals surface area contributed by atoms with Crippen molar-refractivity contribution in [3.8, 4) is 11.5 Å². The molecule has 1 aromatic carbocycles. The van der Waals surface area contributed by atoms with Gasteiger partial charge in [0.15, 0.2) is 11.5 Å². The number of hydrogen-bond donors (Lipinski definition) is 1. The minimum absolute atomic E-state index is 0.270. The molecule has 0 fully saturated rings. The summed E-state index contributed by atoms with van der Waals surface area (Å²) >= 11 is 12.2. The second kappa shape index (κ2) is 8.50. The molecular weight excluding hydrogens is 389 g/mol. The lowest BCUT2D eigenvalue weighted by atomic mass is 10.2. The maximum absolute atomic E-state index is 12.5. The van der Waals surface area contributed by atoms with Crippen LogP contribution in [0.1, 0.15) is 29.4 Å². The standard InChI is InChI=1S/C19H19Cl2N3O3/c1-3-6-27-18-15(21)7-12(8-16(18)26-2)19(25)22-9-14-11-24-10-13(20)4-5-17(24)23-14/h4-5,7-8,10-11H,3,6,9H2,1-2H3,(H,22,25). The fourth-order valence-electron chi connectivity index (χ4n) is 2.57. The van der Waals surface area contributed by atoms with Gasteiger partial charge in [-0.2, -0.15) is 0 Å². The Kier molecular flexibility index (Phi) is 6.08. The summed E-state index contributed by atoms with van der Waals surface area (Å²) in [5, 5.41) is 3.77. The third-order valence-electron chi connectivity index (χ3n) is 3.84. The maximum atomic E-state index is 12.5. The number of nitrogens with one attached hydrogen (secondary N) is 1. The minimum atomic E-state index is -0.285. The van der Waals surface area contributed by atoms with Crippen LogP contribution in [0, 0.1) is 0 Å². The zero-order valence-electron chi connectivity index (χ0n) is 15.0. The summed E-state index contributed by atoms with van der Waals surface area (Å²) in [5.41, 5.74) is 1.85.